The third kappa shape index (κ3) is 4.42. The van der Waals surface area contributed by atoms with Crippen LogP contribution in [-0.4, -0.2) is 37.6 Å². The summed E-state index contributed by atoms with van der Waals surface area (Å²) in [6, 6.07) is 14.0. The van der Waals surface area contributed by atoms with Crippen molar-refractivity contribution in [3.63, 3.8) is 0 Å². The first kappa shape index (κ1) is 20.3. The summed E-state index contributed by atoms with van der Waals surface area (Å²) < 4.78 is 5.65. The molecule has 6 nitrogen and oxygen atoms in total. The van der Waals surface area contributed by atoms with Crippen molar-refractivity contribution in [1.29, 1.82) is 0 Å². The molecule has 0 saturated carbocycles. The highest BCUT2D eigenvalue weighted by molar-refractivity contribution is 5.97. The molecule has 0 aliphatic carbocycles. The Hall–Kier alpha value is -3.02. The maximum absolute atomic E-state index is 11.9. The lowest BCUT2D eigenvalue weighted by Gasteiger charge is -2.34. The number of nitrogens with zero attached hydrogens (tertiary/aromatic N) is 1. The number of amides is 2. The summed E-state index contributed by atoms with van der Waals surface area (Å²) in [6.45, 7) is 6.33. The van der Waals surface area contributed by atoms with Gasteiger partial charge in [0.25, 0.3) is 11.8 Å². The average Bonchev–Trinajstić information content (AvgIpc) is 2.76. The second-order valence-corrected chi connectivity index (χ2v) is 8.12. The summed E-state index contributed by atoms with van der Waals surface area (Å²) in [4.78, 5) is 26.2. The van der Waals surface area contributed by atoms with Crippen molar-refractivity contribution >= 4 is 23.2 Å². The number of hydrogen-bond acceptors (Lipinski definition) is 4. The lowest BCUT2D eigenvalue weighted by Crippen LogP contribution is -2.35. The van der Waals surface area contributed by atoms with E-state index >= 15 is 0 Å². The number of hydrogen-bond donors (Lipinski definition) is 2. The van der Waals surface area contributed by atoms with Gasteiger partial charge in [-0.25, -0.2) is 0 Å². The number of ether oxygens (including phenoxy) is 1. The van der Waals surface area contributed by atoms with Crippen molar-refractivity contribution in [2.24, 2.45) is 5.92 Å². The SMILES string of the molecule is CCNC(=O)c1ccc(N2CCC(Cc3ccc4c(c3)NC(=O)C(C)O4)CC2)cc1. The van der Waals surface area contributed by atoms with Crippen LogP contribution < -0.4 is 20.3 Å². The minimum absolute atomic E-state index is 0.0242. The number of nitrogens with one attached hydrogen (secondary N) is 2. The summed E-state index contributed by atoms with van der Waals surface area (Å²) in [5.41, 5.74) is 3.88. The van der Waals surface area contributed by atoms with Gasteiger partial charge in [0, 0.05) is 30.9 Å². The second-order valence-electron chi connectivity index (χ2n) is 8.12. The maximum atomic E-state index is 11.9. The van der Waals surface area contributed by atoms with Gasteiger partial charge < -0.3 is 20.3 Å². The molecule has 0 radical (unpaired) electrons. The number of carbonyl (C=O) groups is 2. The Balaban J connectivity index is 1.32. The molecular formula is C24H29N3O3. The van der Waals surface area contributed by atoms with Crippen molar-refractivity contribution in [2.45, 2.75) is 39.2 Å². The van der Waals surface area contributed by atoms with Gasteiger partial charge >= 0.3 is 0 Å². The first-order valence-corrected chi connectivity index (χ1v) is 10.8. The van der Waals surface area contributed by atoms with E-state index in [1.165, 1.54) is 11.3 Å². The molecule has 1 fully saturated rings. The average molecular weight is 408 g/mol. The summed E-state index contributed by atoms with van der Waals surface area (Å²) in [7, 11) is 0. The topological polar surface area (TPSA) is 70.7 Å². The van der Waals surface area contributed by atoms with Gasteiger partial charge in [-0.3, -0.25) is 9.59 Å². The molecule has 158 valence electrons. The molecule has 2 aromatic rings. The van der Waals surface area contributed by atoms with Crippen LogP contribution in [0.5, 0.6) is 5.75 Å². The normalized spacial score (nSPS) is 18.9. The Morgan fingerprint density at radius 3 is 2.60 bits per heavy atom. The molecule has 1 atom stereocenters. The number of rotatable bonds is 5. The van der Waals surface area contributed by atoms with E-state index in [0.717, 1.165) is 43.8 Å². The molecule has 0 aromatic heterocycles. The first-order valence-electron chi connectivity index (χ1n) is 10.8. The molecule has 2 N–H and O–H groups in total. The van der Waals surface area contributed by atoms with Crippen molar-refractivity contribution in [3.8, 4) is 5.75 Å². The number of benzene rings is 2. The number of anilines is 2. The van der Waals surface area contributed by atoms with E-state index in [0.29, 0.717) is 18.0 Å². The van der Waals surface area contributed by atoms with E-state index in [1.54, 1.807) is 6.92 Å². The summed E-state index contributed by atoms with van der Waals surface area (Å²) in [5, 5.41) is 5.77. The summed E-state index contributed by atoms with van der Waals surface area (Å²) in [6.07, 6.45) is 2.80. The van der Waals surface area contributed by atoms with Crippen LogP contribution in [0.3, 0.4) is 0 Å². The molecule has 30 heavy (non-hydrogen) atoms. The molecule has 1 saturated heterocycles. The largest absolute Gasteiger partial charge is 0.479 e. The van der Waals surface area contributed by atoms with Crippen LogP contribution in [0.15, 0.2) is 42.5 Å². The van der Waals surface area contributed by atoms with Gasteiger partial charge in [0.05, 0.1) is 5.69 Å². The Morgan fingerprint density at radius 2 is 1.90 bits per heavy atom. The van der Waals surface area contributed by atoms with Gasteiger partial charge in [-0.2, -0.15) is 0 Å². The molecule has 2 aromatic carbocycles. The van der Waals surface area contributed by atoms with Crippen molar-refractivity contribution < 1.29 is 14.3 Å². The molecule has 0 bridgehead atoms. The van der Waals surface area contributed by atoms with Crippen LogP contribution in [0.4, 0.5) is 11.4 Å². The summed E-state index contributed by atoms with van der Waals surface area (Å²) >= 11 is 0. The fraction of sp³-hybridized carbons (Fsp3) is 0.417. The standard InChI is InChI=1S/C24H29N3O3/c1-3-25-24(29)19-5-7-20(8-6-19)27-12-10-17(11-13-27)14-18-4-9-22-21(15-18)26-23(28)16(2)30-22/h4-9,15-17H,3,10-14H2,1-2H3,(H,25,29)(H,26,28). The van der Waals surface area contributed by atoms with Gasteiger partial charge in [0.1, 0.15) is 5.75 Å². The highest BCUT2D eigenvalue weighted by atomic mass is 16.5. The first-order chi connectivity index (χ1) is 14.5. The van der Waals surface area contributed by atoms with E-state index in [9.17, 15) is 9.59 Å². The Morgan fingerprint density at radius 1 is 1.17 bits per heavy atom. The van der Waals surface area contributed by atoms with Gasteiger partial charge in [-0.05, 0) is 81.0 Å². The molecule has 2 aliphatic heterocycles. The highest BCUT2D eigenvalue weighted by Gasteiger charge is 2.25. The molecule has 2 heterocycles. The molecule has 0 spiro atoms. The Labute approximate surface area is 177 Å². The van der Waals surface area contributed by atoms with Crippen LogP contribution in [0.1, 0.15) is 42.6 Å². The molecule has 2 aliphatic rings. The smallest absolute Gasteiger partial charge is 0.265 e. The van der Waals surface area contributed by atoms with E-state index in [-0.39, 0.29) is 11.8 Å². The fourth-order valence-corrected chi connectivity index (χ4v) is 4.20. The number of fused-ring (bicyclic) bond motifs is 1. The fourth-order valence-electron chi connectivity index (χ4n) is 4.20. The second kappa shape index (κ2) is 8.78. The van der Waals surface area contributed by atoms with Crippen molar-refractivity contribution in [2.75, 3.05) is 29.9 Å². The molecule has 4 rings (SSSR count). The van der Waals surface area contributed by atoms with Crippen molar-refractivity contribution in [1.82, 2.24) is 5.32 Å². The van der Waals surface area contributed by atoms with E-state index in [1.807, 2.05) is 43.3 Å². The predicted molar refractivity (Wildman–Crippen MR) is 118 cm³/mol. The molecule has 1 unspecified atom stereocenters. The van der Waals surface area contributed by atoms with E-state index in [4.69, 9.17) is 4.74 Å². The third-order valence-electron chi connectivity index (χ3n) is 5.95. The Kier molecular flexibility index (Phi) is 5.93. The third-order valence-corrected chi connectivity index (χ3v) is 5.95. The zero-order valence-electron chi connectivity index (χ0n) is 17.6. The summed E-state index contributed by atoms with van der Waals surface area (Å²) in [5.74, 6) is 1.25. The number of piperidine rings is 1. The lowest BCUT2D eigenvalue weighted by molar-refractivity contribution is -0.122. The molecule has 2 amide bonds. The quantitative estimate of drug-likeness (QED) is 0.794. The van der Waals surface area contributed by atoms with Gasteiger partial charge in [-0.15, -0.1) is 0 Å². The zero-order valence-corrected chi connectivity index (χ0v) is 17.6. The molecule has 6 heteroatoms. The number of carbonyl (C=O) groups excluding carboxylic acids is 2. The zero-order chi connectivity index (χ0) is 21.1. The van der Waals surface area contributed by atoms with Gasteiger partial charge in [0.15, 0.2) is 6.10 Å². The monoisotopic (exact) mass is 407 g/mol. The minimum atomic E-state index is -0.442. The van der Waals surface area contributed by atoms with E-state index in [2.05, 4.69) is 21.6 Å². The van der Waals surface area contributed by atoms with Crippen LogP contribution in [-0.2, 0) is 11.2 Å². The van der Waals surface area contributed by atoms with Crippen LogP contribution in [0, 0.1) is 5.92 Å². The highest BCUT2D eigenvalue weighted by Crippen LogP contribution is 2.32. The van der Waals surface area contributed by atoms with Gasteiger partial charge in [-0.1, -0.05) is 6.07 Å². The predicted octanol–water partition coefficient (Wildman–Crippen LogP) is 3.61. The molecular weight excluding hydrogens is 378 g/mol. The van der Waals surface area contributed by atoms with E-state index < -0.39 is 6.10 Å². The van der Waals surface area contributed by atoms with Crippen molar-refractivity contribution in [3.05, 3.63) is 53.6 Å². The maximum Gasteiger partial charge on any atom is 0.265 e. The van der Waals surface area contributed by atoms with Crippen LogP contribution >= 0.6 is 0 Å². The Bertz CT molecular complexity index is 918. The van der Waals surface area contributed by atoms with Gasteiger partial charge in [0.2, 0.25) is 0 Å². The lowest BCUT2D eigenvalue weighted by atomic mass is 9.89. The van der Waals surface area contributed by atoms with Crippen LogP contribution in [0.2, 0.25) is 0 Å². The van der Waals surface area contributed by atoms with Crippen LogP contribution in [0.25, 0.3) is 0 Å². The minimum Gasteiger partial charge on any atom is -0.479 e.